The zero-order chi connectivity index (χ0) is 26.6. The van der Waals surface area contributed by atoms with Crippen molar-refractivity contribution in [2.24, 2.45) is 5.92 Å². The zero-order valence-electron chi connectivity index (χ0n) is 22.7. The quantitative estimate of drug-likeness (QED) is 0.353. The molecule has 2 aliphatic rings. The lowest BCUT2D eigenvalue weighted by molar-refractivity contribution is -0.137. The summed E-state index contributed by atoms with van der Waals surface area (Å²) in [5, 5.41) is 0. The number of rotatable bonds is 8. The number of amides is 2. The number of furan rings is 1. The highest BCUT2D eigenvalue weighted by molar-refractivity contribution is 5.91. The summed E-state index contributed by atoms with van der Waals surface area (Å²) in [6, 6.07) is 18.1. The van der Waals surface area contributed by atoms with Gasteiger partial charge in [0.25, 0.3) is 5.91 Å². The molecule has 0 radical (unpaired) electrons. The fraction of sp³-hybridized carbons (Fsp3) is 0.438. The number of carbonyl (C=O) groups is 2. The minimum atomic E-state index is -0.127. The number of hydrogen-bond acceptors (Lipinski definition) is 4. The van der Waals surface area contributed by atoms with Gasteiger partial charge < -0.3 is 19.0 Å². The molecule has 1 atom stereocenters. The Kier molecular flexibility index (Phi) is 7.87. The maximum atomic E-state index is 13.7. The molecular formula is C32H38N2O4. The summed E-state index contributed by atoms with van der Waals surface area (Å²) >= 11 is 0. The first-order valence-electron chi connectivity index (χ1n) is 14.0. The van der Waals surface area contributed by atoms with Gasteiger partial charge in [-0.25, -0.2) is 0 Å². The van der Waals surface area contributed by atoms with E-state index in [2.05, 4.69) is 48.2 Å². The summed E-state index contributed by atoms with van der Waals surface area (Å²) in [7, 11) is 0. The molecule has 0 spiro atoms. The first-order chi connectivity index (χ1) is 18.5. The Bertz CT molecular complexity index is 1270. The molecule has 1 fully saturated rings. The molecule has 0 unspecified atom stereocenters. The Morgan fingerprint density at radius 1 is 1.00 bits per heavy atom. The van der Waals surface area contributed by atoms with Crippen molar-refractivity contribution in [2.45, 2.75) is 65.5 Å². The van der Waals surface area contributed by atoms with Gasteiger partial charge in [-0.15, -0.1) is 0 Å². The van der Waals surface area contributed by atoms with Crippen molar-refractivity contribution in [3.8, 4) is 5.75 Å². The Balaban J connectivity index is 1.38. The molecule has 6 nitrogen and oxygen atoms in total. The van der Waals surface area contributed by atoms with E-state index in [4.69, 9.17) is 9.15 Å². The van der Waals surface area contributed by atoms with Crippen molar-refractivity contribution in [1.82, 2.24) is 9.80 Å². The molecule has 38 heavy (non-hydrogen) atoms. The van der Waals surface area contributed by atoms with E-state index in [9.17, 15) is 9.59 Å². The molecule has 6 heteroatoms. The molecular weight excluding hydrogens is 476 g/mol. The molecule has 1 aliphatic heterocycles. The van der Waals surface area contributed by atoms with Crippen molar-refractivity contribution in [3.63, 3.8) is 0 Å². The molecule has 3 aromatic rings. The van der Waals surface area contributed by atoms with Crippen molar-refractivity contribution < 1.29 is 18.7 Å². The van der Waals surface area contributed by atoms with Crippen LogP contribution in [0.5, 0.6) is 5.75 Å². The summed E-state index contributed by atoms with van der Waals surface area (Å²) in [5.74, 6) is 1.97. The molecule has 5 rings (SSSR count). The molecule has 2 heterocycles. The fourth-order valence-electron chi connectivity index (χ4n) is 5.83. The van der Waals surface area contributed by atoms with E-state index in [0.717, 1.165) is 55.5 Å². The van der Waals surface area contributed by atoms with Crippen molar-refractivity contribution in [3.05, 3.63) is 88.4 Å². The average molecular weight is 515 g/mol. The van der Waals surface area contributed by atoms with Gasteiger partial charge in [-0.1, -0.05) is 48.7 Å². The maximum absolute atomic E-state index is 13.7. The van der Waals surface area contributed by atoms with Crippen molar-refractivity contribution in [1.29, 1.82) is 0 Å². The first kappa shape index (κ1) is 26.1. The maximum Gasteiger partial charge on any atom is 0.289 e. The predicted molar refractivity (Wildman–Crippen MR) is 147 cm³/mol. The SMILES string of the molecule is CCN(CC)C(=O)c1ccc(COc2ccc3c(c2)[C@@H](c2ccc(C)cc2)N(C(=O)C2CCCC2)CC3)o1. The second kappa shape index (κ2) is 11.5. The number of ether oxygens (including phenoxy) is 1. The van der Waals surface area contributed by atoms with Gasteiger partial charge >= 0.3 is 0 Å². The Labute approximate surface area is 225 Å². The number of aryl methyl sites for hydroxylation is 1. The van der Waals surface area contributed by atoms with Crippen LogP contribution in [0.2, 0.25) is 0 Å². The van der Waals surface area contributed by atoms with Crippen LogP contribution in [-0.2, 0) is 17.8 Å². The van der Waals surface area contributed by atoms with Crippen molar-refractivity contribution >= 4 is 11.8 Å². The molecule has 200 valence electrons. The lowest BCUT2D eigenvalue weighted by Gasteiger charge is -2.39. The van der Waals surface area contributed by atoms with Crippen LogP contribution in [0.3, 0.4) is 0 Å². The summed E-state index contributed by atoms with van der Waals surface area (Å²) in [4.78, 5) is 30.1. The molecule has 1 aliphatic carbocycles. The minimum Gasteiger partial charge on any atom is -0.486 e. The zero-order valence-corrected chi connectivity index (χ0v) is 22.7. The van der Waals surface area contributed by atoms with Crippen LogP contribution in [0.25, 0.3) is 0 Å². The minimum absolute atomic E-state index is 0.108. The Hall–Kier alpha value is -3.54. The number of nitrogens with zero attached hydrogens (tertiary/aromatic N) is 2. The lowest BCUT2D eigenvalue weighted by atomic mass is 9.86. The van der Waals surface area contributed by atoms with Crippen LogP contribution in [0.15, 0.2) is 59.0 Å². The second-order valence-electron chi connectivity index (χ2n) is 10.5. The number of hydrogen-bond donors (Lipinski definition) is 0. The summed E-state index contributed by atoms with van der Waals surface area (Å²) in [5.41, 5.74) is 4.71. The van der Waals surface area contributed by atoms with Crippen LogP contribution in [0, 0.1) is 12.8 Å². The standard InChI is InChI=1S/C32H38N2O4/c1-4-33(5-2)32(36)29-17-16-27(38-29)21-37-26-15-14-23-18-19-34(31(35)25-8-6-7-9-25)30(28(23)20-26)24-12-10-22(3)11-13-24/h10-17,20,25,30H,4-9,18-19,21H2,1-3H3/t30-/m1/s1. The third-order valence-electron chi connectivity index (χ3n) is 8.03. The van der Waals surface area contributed by atoms with E-state index in [1.54, 1.807) is 17.0 Å². The van der Waals surface area contributed by atoms with E-state index in [1.807, 2.05) is 19.9 Å². The van der Waals surface area contributed by atoms with E-state index in [-0.39, 0.29) is 30.4 Å². The average Bonchev–Trinajstić information content (AvgIpc) is 3.65. The molecule has 1 aromatic heterocycles. The molecule has 2 amide bonds. The first-order valence-corrected chi connectivity index (χ1v) is 14.0. The Morgan fingerprint density at radius 2 is 1.74 bits per heavy atom. The topological polar surface area (TPSA) is 63.0 Å². The van der Waals surface area contributed by atoms with Crippen LogP contribution in [-0.4, -0.2) is 41.2 Å². The summed E-state index contributed by atoms with van der Waals surface area (Å²) in [6.07, 6.45) is 5.11. The fourth-order valence-corrected chi connectivity index (χ4v) is 5.83. The largest absolute Gasteiger partial charge is 0.486 e. The summed E-state index contributed by atoms with van der Waals surface area (Å²) in [6.45, 7) is 8.23. The van der Waals surface area contributed by atoms with E-state index in [1.165, 1.54) is 11.1 Å². The van der Waals surface area contributed by atoms with Crippen LogP contribution < -0.4 is 4.74 Å². The smallest absolute Gasteiger partial charge is 0.289 e. The van der Waals surface area contributed by atoms with Crippen LogP contribution in [0.4, 0.5) is 0 Å². The van der Waals surface area contributed by atoms with E-state index >= 15 is 0 Å². The number of carbonyl (C=O) groups excluding carboxylic acids is 2. The normalized spacial score (nSPS) is 17.3. The lowest BCUT2D eigenvalue weighted by Crippen LogP contribution is -2.43. The highest BCUT2D eigenvalue weighted by Crippen LogP contribution is 2.40. The van der Waals surface area contributed by atoms with E-state index < -0.39 is 0 Å². The van der Waals surface area contributed by atoms with Gasteiger partial charge in [-0.3, -0.25) is 9.59 Å². The summed E-state index contributed by atoms with van der Waals surface area (Å²) < 4.78 is 11.9. The molecule has 0 saturated heterocycles. The van der Waals surface area contributed by atoms with Crippen LogP contribution >= 0.6 is 0 Å². The molecule has 0 N–H and O–H groups in total. The number of benzene rings is 2. The Morgan fingerprint density at radius 3 is 2.45 bits per heavy atom. The van der Waals surface area contributed by atoms with Gasteiger partial charge in [0, 0.05) is 25.6 Å². The van der Waals surface area contributed by atoms with Gasteiger partial charge in [0.2, 0.25) is 5.91 Å². The molecule has 1 saturated carbocycles. The van der Waals surface area contributed by atoms with E-state index in [0.29, 0.717) is 24.6 Å². The van der Waals surface area contributed by atoms with Crippen molar-refractivity contribution in [2.75, 3.05) is 19.6 Å². The third kappa shape index (κ3) is 5.35. The molecule has 2 aromatic carbocycles. The van der Waals surface area contributed by atoms with Gasteiger partial charge in [0.15, 0.2) is 5.76 Å². The molecule has 0 bridgehead atoms. The van der Waals surface area contributed by atoms with Gasteiger partial charge in [-0.05, 0) is 81.0 Å². The number of fused-ring (bicyclic) bond motifs is 1. The monoisotopic (exact) mass is 514 g/mol. The highest BCUT2D eigenvalue weighted by Gasteiger charge is 2.36. The van der Waals surface area contributed by atoms with Gasteiger partial charge in [-0.2, -0.15) is 0 Å². The predicted octanol–water partition coefficient (Wildman–Crippen LogP) is 6.31. The van der Waals surface area contributed by atoms with Gasteiger partial charge in [0.1, 0.15) is 18.1 Å². The second-order valence-corrected chi connectivity index (χ2v) is 10.5. The highest BCUT2D eigenvalue weighted by atomic mass is 16.5. The third-order valence-corrected chi connectivity index (χ3v) is 8.03. The van der Waals surface area contributed by atoms with Gasteiger partial charge in [0.05, 0.1) is 6.04 Å². The van der Waals surface area contributed by atoms with Crippen LogP contribution in [0.1, 0.15) is 84.1 Å².